The van der Waals surface area contributed by atoms with Crippen molar-refractivity contribution in [2.24, 2.45) is 5.10 Å². The van der Waals surface area contributed by atoms with Gasteiger partial charge in [-0.3, -0.25) is 9.59 Å². The Morgan fingerprint density at radius 2 is 1.77 bits per heavy atom. The van der Waals surface area contributed by atoms with E-state index >= 15 is 0 Å². The molecule has 0 unspecified atom stereocenters. The number of amides is 2. The summed E-state index contributed by atoms with van der Waals surface area (Å²) in [5.41, 5.74) is 5.95. The van der Waals surface area contributed by atoms with E-state index in [2.05, 4.69) is 20.8 Å². The zero-order valence-corrected chi connectivity index (χ0v) is 17.6. The number of aromatic amines is 1. The number of aryl methyl sites for hydroxylation is 1. The number of hydrogen-bond donors (Lipinski definition) is 3. The highest BCUT2D eigenvalue weighted by atomic mass is 32.1. The number of carbonyl (C=O) groups is 2. The molecule has 31 heavy (non-hydrogen) atoms. The summed E-state index contributed by atoms with van der Waals surface area (Å²) in [6.45, 7) is 1.95. The number of nitrogens with zero attached hydrogens (tertiary/aromatic N) is 1. The van der Waals surface area contributed by atoms with Crippen LogP contribution < -0.4 is 10.7 Å². The molecule has 4 rings (SSSR count). The van der Waals surface area contributed by atoms with Crippen molar-refractivity contribution in [3.63, 3.8) is 0 Å². The number of aromatic nitrogens is 1. The van der Waals surface area contributed by atoms with Gasteiger partial charge in [-0.2, -0.15) is 5.10 Å². The Hall–Kier alpha value is -3.97. The van der Waals surface area contributed by atoms with Crippen molar-refractivity contribution in [1.82, 2.24) is 15.7 Å². The maximum Gasteiger partial charge on any atom is 0.287 e. The molecule has 0 spiro atoms. The van der Waals surface area contributed by atoms with Gasteiger partial charge in [0.25, 0.3) is 11.8 Å². The summed E-state index contributed by atoms with van der Waals surface area (Å²) in [7, 11) is 0. The van der Waals surface area contributed by atoms with Crippen molar-refractivity contribution in [3.05, 3.63) is 99.5 Å². The zero-order chi connectivity index (χ0) is 21.6. The van der Waals surface area contributed by atoms with Gasteiger partial charge in [0, 0.05) is 32.6 Å². The molecular formula is C24H20N4O2S. The van der Waals surface area contributed by atoms with Gasteiger partial charge in [-0.05, 0) is 42.6 Å². The SMILES string of the molecule is Cc1[nH]c2ccccc2c1C=NNC(=O)C(=Cc1cccs1)NC(=O)c1ccccc1. The summed E-state index contributed by atoms with van der Waals surface area (Å²) in [6.07, 6.45) is 3.24. The lowest BCUT2D eigenvalue weighted by atomic mass is 10.1. The van der Waals surface area contributed by atoms with Gasteiger partial charge in [-0.15, -0.1) is 11.3 Å². The minimum absolute atomic E-state index is 0.115. The van der Waals surface area contributed by atoms with E-state index in [0.717, 1.165) is 27.0 Å². The van der Waals surface area contributed by atoms with E-state index in [1.54, 1.807) is 36.6 Å². The second kappa shape index (κ2) is 9.23. The van der Waals surface area contributed by atoms with Crippen LogP contribution in [0.15, 0.2) is 82.9 Å². The molecular weight excluding hydrogens is 408 g/mol. The molecule has 0 aliphatic heterocycles. The van der Waals surface area contributed by atoms with E-state index in [0.29, 0.717) is 5.56 Å². The molecule has 2 heterocycles. The van der Waals surface area contributed by atoms with Crippen molar-refractivity contribution < 1.29 is 9.59 Å². The zero-order valence-electron chi connectivity index (χ0n) is 16.8. The fourth-order valence-electron chi connectivity index (χ4n) is 3.14. The lowest BCUT2D eigenvalue weighted by molar-refractivity contribution is -0.117. The number of rotatable bonds is 6. The van der Waals surface area contributed by atoms with E-state index in [9.17, 15) is 9.59 Å². The topological polar surface area (TPSA) is 86.3 Å². The fraction of sp³-hybridized carbons (Fsp3) is 0.0417. The number of carbonyl (C=O) groups excluding carboxylic acids is 2. The largest absolute Gasteiger partial charge is 0.358 e. The number of thiophene rings is 1. The van der Waals surface area contributed by atoms with E-state index in [1.807, 2.05) is 54.8 Å². The normalized spacial score (nSPS) is 11.7. The lowest BCUT2D eigenvalue weighted by Crippen LogP contribution is -2.32. The number of fused-ring (bicyclic) bond motifs is 1. The average molecular weight is 429 g/mol. The smallest absolute Gasteiger partial charge is 0.287 e. The molecule has 154 valence electrons. The Morgan fingerprint density at radius 3 is 2.55 bits per heavy atom. The first-order valence-corrected chi connectivity index (χ1v) is 10.5. The van der Waals surface area contributed by atoms with E-state index in [1.165, 1.54) is 11.3 Å². The molecule has 0 aliphatic carbocycles. The van der Waals surface area contributed by atoms with Crippen molar-refractivity contribution >= 4 is 46.3 Å². The van der Waals surface area contributed by atoms with Crippen LogP contribution in [0.4, 0.5) is 0 Å². The van der Waals surface area contributed by atoms with Gasteiger partial charge >= 0.3 is 0 Å². The predicted octanol–water partition coefficient (Wildman–Crippen LogP) is 4.46. The summed E-state index contributed by atoms with van der Waals surface area (Å²) in [5.74, 6) is -0.874. The van der Waals surface area contributed by atoms with Crippen LogP contribution in [0.1, 0.15) is 26.5 Å². The summed E-state index contributed by atoms with van der Waals surface area (Å²) in [4.78, 5) is 29.5. The van der Waals surface area contributed by atoms with Crippen molar-refractivity contribution in [3.8, 4) is 0 Å². The van der Waals surface area contributed by atoms with E-state index in [-0.39, 0.29) is 11.6 Å². The van der Waals surface area contributed by atoms with Crippen LogP contribution in [0.2, 0.25) is 0 Å². The second-order valence-corrected chi connectivity index (χ2v) is 7.78. The predicted molar refractivity (Wildman–Crippen MR) is 125 cm³/mol. The third kappa shape index (κ3) is 4.79. The van der Waals surface area contributed by atoms with Crippen molar-refractivity contribution in [2.45, 2.75) is 6.92 Å². The molecule has 0 aliphatic rings. The molecule has 0 saturated heterocycles. The molecule has 3 N–H and O–H groups in total. The van der Waals surface area contributed by atoms with Gasteiger partial charge in [0.1, 0.15) is 5.70 Å². The van der Waals surface area contributed by atoms with Gasteiger partial charge in [0.15, 0.2) is 0 Å². The van der Waals surface area contributed by atoms with E-state index < -0.39 is 5.91 Å². The highest BCUT2D eigenvalue weighted by Gasteiger charge is 2.14. The van der Waals surface area contributed by atoms with E-state index in [4.69, 9.17) is 0 Å². The Bertz CT molecular complexity index is 1270. The van der Waals surface area contributed by atoms with Gasteiger partial charge in [0.05, 0.1) is 6.21 Å². The number of hydrogen-bond acceptors (Lipinski definition) is 4. The Kier molecular flexibility index (Phi) is 6.05. The molecule has 2 amide bonds. The first-order valence-electron chi connectivity index (χ1n) is 9.64. The maximum absolute atomic E-state index is 12.8. The Balaban J connectivity index is 1.54. The van der Waals surface area contributed by atoms with Crippen molar-refractivity contribution in [2.75, 3.05) is 0 Å². The van der Waals surface area contributed by atoms with Gasteiger partial charge in [0.2, 0.25) is 0 Å². The van der Waals surface area contributed by atoms with Crippen LogP contribution in [-0.2, 0) is 4.79 Å². The molecule has 0 radical (unpaired) electrons. The maximum atomic E-state index is 12.8. The minimum atomic E-state index is -0.508. The highest BCUT2D eigenvalue weighted by molar-refractivity contribution is 7.10. The fourth-order valence-corrected chi connectivity index (χ4v) is 3.80. The van der Waals surface area contributed by atoms with Crippen LogP contribution >= 0.6 is 11.3 Å². The first kappa shape index (κ1) is 20.3. The molecule has 7 heteroatoms. The first-order chi connectivity index (χ1) is 15.1. The lowest BCUT2D eigenvalue weighted by Gasteiger charge is -2.08. The molecule has 0 atom stereocenters. The summed E-state index contributed by atoms with van der Waals surface area (Å²) < 4.78 is 0. The van der Waals surface area contributed by atoms with Crippen molar-refractivity contribution in [1.29, 1.82) is 0 Å². The van der Waals surface area contributed by atoms with Crippen LogP contribution in [0.3, 0.4) is 0 Å². The number of H-pyrrole nitrogens is 1. The Labute approximate surface area is 183 Å². The van der Waals surface area contributed by atoms with Gasteiger partial charge in [-0.1, -0.05) is 42.5 Å². The molecule has 2 aromatic heterocycles. The molecule has 2 aromatic carbocycles. The van der Waals surface area contributed by atoms with Gasteiger partial charge in [-0.25, -0.2) is 5.43 Å². The Morgan fingerprint density at radius 1 is 1.00 bits per heavy atom. The van der Waals surface area contributed by atoms with Crippen LogP contribution in [0, 0.1) is 6.92 Å². The quantitative estimate of drug-likeness (QED) is 0.241. The number of hydrazone groups is 1. The number of benzene rings is 2. The molecule has 4 aromatic rings. The molecule has 0 fully saturated rings. The van der Waals surface area contributed by atoms with Crippen LogP contribution in [-0.4, -0.2) is 23.0 Å². The van der Waals surface area contributed by atoms with Crippen LogP contribution in [0.5, 0.6) is 0 Å². The molecule has 0 bridgehead atoms. The molecule has 0 saturated carbocycles. The average Bonchev–Trinajstić information content (AvgIpc) is 3.41. The monoisotopic (exact) mass is 428 g/mol. The highest BCUT2D eigenvalue weighted by Crippen LogP contribution is 2.20. The summed E-state index contributed by atoms with van der Waals surface area (Å²) in [6, 6.07) is 20.4. The second-order valence-electron chi connectivity index (χ2n) is 6.80. The number of nitrogens with one attached hydrogen (secondary N) is 3. The minimum Gasteiger partial charge on any atom is -0.358 e. The number of para-hydroxylation sites is 1. The molecule has 6 nitrogen and oxygen atoms in total. The van der Waals surface area contributed by atoms with Crippen LogP contribution in [0.25, 0.3) is 17.0 Å². The standard InChI is InChI=1S/C24H20N4O2S/c1-16-20(19-11-5-6-12-21(19)26-16)15-25-28-24(30)22(14-18-10-7-13-31-18)27-23(29)17-8-3-2-4-9-17/h2-15,26H,1H3,(H,27,29)(H,28,30). The summed E-state index contributed by atoms with van der Waals surface area (Å²) >= 11 is 1.47. The van der Waals surface area contributed by atoms with Gasteiger partial charge < -0.3 is 10.3 Å². The third-order valence-electron chi connectivity index (χ3n) is 4.66. The summed E-state index contributed by atoms with van der Waals surface area (Å²) in [5, 5.41) is 9.73. The third-order valence-corrected chi connectivity index (χ3v) is 5.48.